The van der Waals surface area contributed by atoms with Crippen LogP contribution < -0.4 is 10.9 Å². The Hall–Kier alpha value is -2.48. The van der Waals surface area contributed by atoms with Crippen molar-refractivity contribution in [3.05, 3.63) is 44.1 Å². The molecule has 1 aliphatic rings. The van der Waals surface area contributed by atoms with E-state index in [0.29, 0.717) is 21.6 Å². The summed E-state index contributed by atoms with van der Waals surface area (Å²) >= 11 is 1.32. The zero-order valence-corrected chi connectivity index (χ0v) is 20.0. The van der Waals surface area contributed by atoms with Gasteiger partial charge in [-0.05, 0) is 59.9 Å². The highest BCUT2D eigenvalue weighted by atomic mass is 32.1. The van der Waals surface area contributed by atoms with Gasteiger partial charge in [-0.1, -0.05) is 6.42 Å². The molecule has 3 aromatic rings. The average Bonchev–Trinajstić information content (AvgIpc) is 3.13. The number of nitrogens with one attached hydrogen (secondary N) is 1. The summed E-state index contributed by atoms with van der Waals surface area (Å²) in [7, 11) is 0. The Morgan fingerprint density at radius 1 is 1.23 bits per heavy atom. The average molecular weight is 442 g/mol. The summed E-state index contributed by atoms with van der Waals surface area (Å²) in [4.78, 5) is 32.3. The first-order valence-corrected chi connectivity index (χ1v) is 11.8. The molecule has 4 heterocycles. The zero-order chi connectivity index (χ0) is 22.5. The van der Waals surface area contributed by atoms with Crippen LogP contribution >= 0.6 is 11.3 Å². The summed E-state index contributed by atoms with van der Waals surface area (Å²) in [5.41, 5.74) is 2.49. The Kier molecular flexibility index (Phi) is 5.54. The van der Waals surface area contributed by atoms with Crippen LogP contribution in [0.4, 0.5) is 0 Å². The molecule has 166 valence electrons. The predicted octanol–water partition coefficient (Wildman–Crippen LogP) is 4.24. The van der Waals surface area contributed by atoms with Crippen molar-refractivity contribution in [1.82, 2.24) is 24.6 Å². The van der Waals surface area contributed by atoms with Crippen molar-refractivity contribution >= 4 is 27.5 Å². The summed E-state index contributed by atoms with van der Waals surface area (Å²) in [5.74, 6) is 0.678. The van der Waals surface area contributed by atoms with Gasteiger partial charge in [0.25, 0.3) is 11.5 Å². The monoisotopic (exact) mass is 441 g/mol. The van der Waals surface area contributed by atoms with Crippen molar-refractivity contribution in [3.63, 3.8) is 0 Å². The van der Waals surface area contributed by atoms with Crippen molar-refractivity contribution in [2.75, 3.05) is 0 Å². The summed E-state index contributed by atoms with van der Waals surface area (Å²) in [5, 5.41) is 8.30. The molecule has 31 heavy (non-hydrogen) atoms. The Morgan fingerprint density at radius 3 is 2.65 bits per heavy atom. The second-order valence-electron chi connectivity index (χ2n) is 9.51. The number of amides is 1. The van der Waals surface area contributed by atoms with Crippen LogP contribution in [0.3, 0.4) is 0 Å². The lowest BCUT2D eigenvalue weighted by Crippen LogP contribution is -2.27. The first-order valence-electron chi connectivity index (χ1n) is 11.0. The molecule has 0 bridgehead atoms. The van der Waals surface area contributed by atoms with E-state index < -0.39 is 0 Å². The number of thiophene rings is 1. The number of carbonyl (C=O) groups is 1. The number of aromatic nitrogens is 4. The largest absolute Gasteiger partial charge is 0.345 e. The molecule has 3 aromatic heterocycles. The number of hydrogen-bond donors (Lipinski definition) is 1. The molecule has 0 aliphatic carbocycles. The quantitative estimate of drug-likeness (QED) is 0.659. The van der Waals surface area contributed by atoms with Gasteiger partial charge in [-0.2, -0.15) is 5.10 Å². The van der Waals surface area contributed by atoms with Gasteiger partial charge < -0.3 is 5.32 Å². The summed E-state index contributed by atoms with van der Waals surface area (Å²) in [6.07, 6.45) is 5.98. The molecule has 1 atom stereocenters. The molecule has 7 nitrogen and oxygen atoms in total. The highest BCUT2D eigenvalue weighted by molar-refractivity contribution is 7.20. The van der Waals surface area contributed by atoms with Crippen LogP contribution in [0.2, 0.25) is 0 Å². The third-order valence-corrected chi connectivity index (χ3v) is 7.24. The predicted molar refractivity (Wildman–Crippen MR) is 124 cm³/mol. The molecule has 8 heteroatoms. The molecule has 0 aromatic carbocycles. The van der Waals surface area contributed by atoms with Gasteiger partial charge >= 0.3 is 0 Å². The molecule has 1 amide bonds. The minimum Gasteiger partial charge on any atom is -0.345 e. The topological polar surface area (TPSA) is 81.8 Å². The van der Waals surface area contributed by atoms with E-state index in [4.69, 9.17) is 4.98 Å². The highest BCUT2D eigenvalue weighted by Crippen LogP contribution is 2.29. The van der Waals surface area contributed by atoms with Gasteiger partial charge in [-0.15, -0.1) is 11.3 Å². The Labute approximate surface area is 186 Å². The van der Waals surface area contributed by atoms with Gasteiger partial charge in [-0.3, -0.25) is 18.8 Å². The van der Waals surface area contributed by atoms with E-state index in [1.165, 1.54) is 11.3 Å². The molecule has 0 unspecified atom stereocenters. The van der Waals surface area contributed by atoms with Crippen molar-refractivity contribution in [3.8, 4) is 0 Å². The fourth-order valence-electron chi connectivity index (χ4n) is 4.21. The summed E-state index contributed by atoms with van der Waals surface area (Å²) in [6, 6.07) is -0.195. The molecular weight excluding hydrogens is 410 g/mol. The summed E-state index contributed by atoms with van der Waals surface area (Å²) in [6.45, 7) is 12.8. The molecule has 4 rings (SSSR count). The minimum absolute atomic E-state index is 0.00922. The number of rotatable bonds is 3. The lowest BCUT2D eigenvalue weighted by Gasteiger charge is -2.19. The lowest BCUT2D eigenvalue weighted by atomic mass is 10.1. The third-order valence-electron chi connectivity index (χ3n) is 6.06. The number of hydrogen-bond acceptors (Lipinski definition) is 5. The lowest BCUT2D eigenvalue weighted by molar-refractivity contribution is 0.0943. The SMILES string of the molecule is Cc1nn(C(C)(C)C)cc1[C@@H](C)NC(=O)c1sc2nc3n(c(=O)c2c1C)CCCCC3. The van der Waals surface area contributed by atoms with E-state index in [0.717, 1.165) is 48.3 Å². The van der Waals surface area contributed by atoms with Gasteiger partial charge in [0.05, 0.1) is 27.5 Å². The second kappa shape index (κ2) is 7.89. The minimum atomic E-state index is -0.195. The van der Waals surface area contributed by atoms with E-state index in [9.17, 15) is 9.59 Å². The molecule has 0 saturated heterocycles. The number of carbonyl (C=O) groups excluding carboxylic acids is 1. The molecular formula is C23H31N5O2S. The number of fused-ring (bicyclic) bond motifs is 2. The summed E-state index contributed by atoms with van der Waals surface area (Å²) < 4.78 is 3.74. The molecule has 0 radical (unpaired) electrons. The van der Waals surface area contributed by atoms with Crippen LogP contribution in [0.15, 0.2) is 11.0 Å². The van der Waals surface area contributed by atoms with Gasteiger partial charge in [0.2, 0.25) is 0 Å². The van der Waals surface area contributed by atoms with Gasteiger partial charge in [0, 0.05) is 24.7 Å². The van der Waals surface area contributed by atoms with Crippen molar-refractivity contribution < 1.29 is 4.79 Å². The number of aryl methyl sites for hydroxylation is 3. The van der Waals surface area contributed by atoms with Crippen LogP contribution in [0, 0.1) is 13.8 Å². The van der Waals surface area contributed by atoms with Crippen LogP contribution in [-0.4, -0.2) is 25.2 Å². The van der Waals surface area contributed by atoms with Crippen LogP contribution in [0.25, 0.3) is 10.2 Å². The van der Waals surface area contributed by atoms with Gasteiger partial charge in [0.15, 0.2) is 0 Å². The first kappa shape index (κ1) is 21.7. The maximum absolute atomic E-state index is 13.2. The molecule has 1 aliphatic heterocycles. The van der Waals surface area contributed by atoms with Crippen molar-refractivity contribution in [2.45, 2.75) is 85.4 Å². The highest BCUT2D eigenvalue weighted by Gasteiger charge is 2.25. The molecule has 0 spiro atoms. The van der Waals surface area contributed by atoms with E-state index in [1.54, 1.807) is 0 Å². The molecule has 0 saturated carbocycles. The second-order valence-corrected chi connectivity index (χ2v) is 10.5. The smallest absolute Gasteiger partial charge is 0.262 e. The standard InChI is InChI=1S/C23H31N5O2S/c1-13-18-21(25-17-10-8-7-9-11-27(17)22(18)30)31-19(13)20(29)24-14(2)16-12-28(23(4,5)6)26-15(16)3/h12,14H,7-11H2,1-6H3,(H,24,29)/t14-/m1/s1. The molecule has 0 fully saturated rings. The van der Waals surface area contributed by atoms with Crippen LogP contribution in [0.1, 0.15) is 85.3 Å². The fourth-order valence-corrected chi connectivity index (χ4v) is 5.30. The van der Waals surface area contributed by atoms with E-state index >= 15 is 0 Å². The first-order chi connectivity index (χ1) is 14.6. The Balaban J connectivity index is 1.66. The molecule has 1 N–H and O–H groups in total. The Bertz CT molecular complexity index is 1210. The number of nitrogens with zero attached hydrogens (tertiary/aromatic N) is 4. The van der Waals surface area contributed by atoms with Crippen LogP contribution in [0.5, 0.6) is 0 Å². The van der Waals surface area contributed by atoms with E-state index in [1.807, 2.05) is 36.2 Å². The zero-order valence-electron chi connectivity index (χ0n) is 19.2. The Morgan fingerprint density at radius 2 is 1.97 bits per heavy atom. The van der Waals surface area contributed by atoms with Crippen molar-refractivity contribution in [2.24, 2.45) is 0 Å². The van der Waals surface area contributed by atoms with Gasteiger partial charge in [-0.25, -0.2) is 4.98 Å². The maximum atomic E-state index is 13.2. The maximum Gasteiger partial charge on any atom is 0.262 e. The fraction of sp³-hybridized carbons (Fsp3) is 0.565. The van der Waals surface area contributed by atoms with Crippen molar-refractivity contribution in [1.29, 1.82) is 0 Å². The third kappa shape index (κ3) is 3.93. The van der Waals surface area contributed by atoms with Gasteiger partial charge in [0.1, 0.15) is 10.7 Å². The van der Waals surface area contributed by atoms with Crippen LogP contribution in [-0.2, 0) is 18.5 Å². The van der Waals surface area contributed by atoms with E-state index in [2.05, 4.69) is 31.2 Å². The van der Waals surface area contributed by atoms with E-state index in [-0.39, 0.29) is 23.0 Å². The normalized spacial score (nSPS) is 15.5.